The summed E-state index contributed by atoms with van der Waals surface area (Å²) in [5.74, 6) is 1.36. The van der Waals surface area contributed by atoms with Gasteiger partial charge in [0.1, 0.15) is 5.76 Å². The second-order valence-electron chi connectivity index (χ2n) is 6.97. The van der Waals surface area contributed by atoms with E-state index in [1.54, 1.807) is 0 Å². The highest BCUT2D eigenvalue weighted by Gasteiger charge is 2.32. The van der Waals surface area contributed by atoms with Gasteiger partial charge in [-0.25, -0.2) is 0 Å². The zero-order valence-corrected chi connectivity index (χ0v) is 14.8. The summed E-state index contributed by atoms with van der Waals surface area (Å²) in [7, 11) is 2.05. The molecule has 4 heterocycles. The van der Waals surface area contributed by atoms with Crippen LogP contribution in [0.25, 0.3) is 10.9 Å². The van der Waals surface area contributed by atoms with E-state index < -0.39 is 0 Å². The van der Waals surface area contributed by atoms with Crippen molar-refractivity contribution in [1.29, 1.82) is 0 Å². The Morgan fingerprint density at radius 2 is 2.12 bits per heavy atom. The minimum Gasteiger partial charge on any atom is -0.361 e. The third-order valence-electron chi connectivity index (χ3n) is 5.16. The van der Waals surface area contributed by atoms with Crippen LogP contribution in [0.4, 0.5) is 0 Å². The van der Waals surface area contributed by atoms with E-state index in [-0.39, 0.29) is 5.91 Å². The predicted octanol–water partition coefficient (Wildman–Crippen LogP) is 2.42. The van der Waals surface area contributed by atoms with Crippen molar-refractivity contribution in [2.24, 2.45) is 13.0 Å². The van der Waals surface area contributed by atoms with Crippen LogP contribution in [0.3, 0.4) is 0 Å². The minimum absolute atomic E-state index is 0.149. The molecule has 3 aromatic heterocycles. The Bertz CT molecular complexity index is 915. The molecule has 1 saturated heterocycles. The minimum atomic E-state index is 0.149. The zero-order chi connectivity index (χ0) is 17.6. The van der Waals surface area contributed by atoms with Crippen molar-refractivity contribution in [3.05, 3.63) is 47.2 Å². The summed E-state index contributed by atoms with van der Waals surface area (Å²) in [6.45, 7) is 5.33. The number of aryl methyl sites for hydroxylation is 3. The number of aromatic nitrogens is 3. The molecule has 0 unspecified atom stereocenters. The summed E-state index contributed by atoms with van der Waals surface area (Å²) in [5.41, 5.74) is 4.04. The molecule has 0 N–H and O–H groups in total. The molecule has 0 bridgehead atoms. The van der Waals surface area contributed by atoms with Gasteiger partial charge in [0.2, 0.25) is 5.91 Å². The second kappa shape index (κ2) is 6.02. The number of fused-ring (bicyclic) bond motifs is 1. The Hall–Kier alpha value is -2.63. The Morgan fingerprint density at radius 1 is 1.32 bits per heavy atom. The normalized spacial score (nSPS) is 14.9. The van der Waals surface area contributed by atoms with Crippen molar-refractivity contribution in [3.8, 4) is 0 Å². The maximum absolute atomic E-state index is 12.5. The maximum Gasteiger partial charge on any atom is 0.227 e. The number of pyridine rings is 1. The number of hydrogen-bond donors (Lipinski definition) is 0. The van der Waals surface area contributed by atoms with Gasteiger partial charge in [-0.15, -0.1) is 0 Å². The van der Waals surface area contributed by atoms with Crippen molar-refractivity contribution in [2.75, 3.05) is 13.1 Å². The van der Waals surface area contributed by atoms with Crippen molar-refractivity contribution >= 4 is 16.8 Å². The fourth-order valence-electron chi connectivity index (χ4n) is 3.67. The first-order valence-corrected chi connectivity index (χ1v) is 8.61. The van der Waals surface area contributed by atoms with Crippen LogP contribution < -0.4 is 0 Å². The average molecular weight is 338 g/mol. The molecule has 1 aliphatic rings. The molecule has 25 heavy (non-hydrogen) atoms. The van der Waals surface area contributed by atoms with Crippen molar-refractivity contribution in [3.63, 3.8) is 0 Å². The van der Waals surface area contributed by atoms with E-state index in [0.717, 1.165) is 42.2 Å². The van der Waals surface area contributed by atoms with Gasteiger partial charge < -0.3 is 14.0 Å². The number of likely N-dealkylation sites (tertiary alicyclic amines) is 1. The summed E-state index contributed by atoms with van der Waals surface area (Å²) in [4.78, 5) is 18.9. The number of hydrogen-bond acceptors (Lipinski definition) is 4. The SMILES string of the molecule is Cc1noc(C)c1CC(=O)N1CC(Cc2nccc3ccn(C)c23)C1. The quantitative estimate of drug-likeness (QED) is 0.733. The monoisotopic (exact) mass is 338 g/mol. The molecule has 1 aliphatic heterocycles. The summed E-state index contributed by atoms with van der Waals surface area (Å²) in [6, 6.07) is 4.15. The molecular weight excluding hydrogens is 316 g/mol. The number of carbonyl (C=O) groups is 1. The summed E-state index contributed by atoms with van der Waals surface area (Å²) >= 11 is 0. The van der Waals surface area contributed by atoms with E-state index >= 15 is 0 Å². The van der Waals surface area contributed by atoms with Crippen LogP contribution in [0, 0.1) is 19.8 Å². The van der Waals surface area contributed by atoms with Gasteiger partial charge in [0.25, 0.3) is 0 Å². The van der Waals surface area contributed by atoms with Crippen molar-refractivity contribution in [2.45, 2.75) is 26.7 Å². The summed E-state index contributed by atoms with van der Waals surface area (Å²) < 4.78 is 7.26. The Kier molecular flexibility index (Phi) is 3.82. The average Bonchev–Trinajstić information content (AvgIpc) is 3.08. The largest absolute Gasteiger partial charge is 0.361 e. The van der Waals surface area contributed by atoms with Gasteiger partial charge in [0, 0.05) is 43.5 Å². The van der Waals surface area contributed by atoms with Gasteiger partial charge in [0.15, 0.2) is 0 Å². The van der Waals surface area contributed by atoms with Gasteiger partial charge in [-0.3, -0.25) is 9.78 Å². The van der Waals surface area contributed by atoms with Crippen LogP contribution in [0.2, 0.25) is 0 Å². The summed E-state index contributed by atoms with van der Waals surface area (Å²) in [5, 5.41) is 5.14. The van der Waals surface area contributed by atoms with Gasteiger partial charge in [-0.1, -0.05) is 5.16 Å². The first kappa shape index (κ1) is 15.9. The zero-order valence-electron chi connectivity index (χ0n) is 14.8. The molecule has 0 radical (unpaired) electrons. The van der Waals surface area contributed by atoms with E-state index in [0.29, 0.717) is 12.3 Å². The smallest absolute Gasteiger partial charge is 0.227 e. The number of rotatable bonds is 4. The van der Waals surface area contributed by atoms with E-state index in [4.69, 9.17) is 4.52 Å². The van der Waals surface area contributed by atoms with Gasteiger partial charge in [-0.2, -0.15) is 0 Å². The van der Waals surface area contributed by atoms with Crippen LogP contribution in [-0.4, -0.2) is 38.6 Å². The van der Waals surface area contributed by atoms with Crippen LogP contribution in [-0.2, 0) is 24.7 Å². The first-order chi connectivity index (χ1) is 12.0. The molecule has 0 aromatic carbocycles. The van der Waals surface area contributed by atoms with E-state index in [9.17, 15) is 4.79 Å². The fourth-order valence-corrected chi connectivity index (χ4v) is 3.67. The Labute approximate surface area is 146 Å². The maximum atomic E-state index is 12.5. The molecule has 1 fully saturated rings. The molecule has 3 aromatic rings. The molecule has 130 valence electrons. The molecule has 4 rings (SSSR count). The second-order valence-corrected chi connectivity index (χ2v) is 6.97. The van der Waals surface area contributed by atoms with Crippen molar-refractivity contribution in [1.82, 2.24) is 19.6 Å². The Balaban J connectivity index is 1.39. The van der Waals surface area contributed by atoms with E-state index in [1.807, 2.05) is 38.1 Å². The molecule has 6 heteroatoms. The van der Waals surface area contributed by atoms with Crippen LogP contribution in [0.15, 0.2) is 29.0 Å². The van der Waals surface area contributed by atoms with Crippen LogP contribution in [0.5, 0.6) is 0 Å². The highest BCUT2D eigenvalue weighted by Crippen LogP contribution is 2.25. The molecule has 6 nitrogen and oxygen atoms in total. The standard InChI is InChI=1S/C19H22N4O2/c1-12-16(13(2)25-21-12)9-18(24)23-10-14(11-23)8-17-19-15(4-6-20-17)5-7-22(19)3/h4-7,14H,8-11H2,1-3H3. The van der Waals surface area contributed by atoms with Crippen molar-refractivity contribution < 1.29 is 9.32 Å². The third-order valence-corrected chi connectivity index (χ3v) is 5.16. The highest BCUT2D eigenvalue weighted by atomic mass is 16.5. The molecular formula is C19H22N4O2. The molecule has 0 atom stereocenters. The highest BCUT2D eigenvalue weighted by molar-refractivity contribution is 5.82. The molecule has 0 saturated carbocycles. The molecule has 0 spiro atoms. The van der Waals surface area contributed by atoms with Gasteiger partial charge in [0.05, 0.1) is 23.3 Å². The third kappa shape index (κ3) is 2.81. The Morgan fingerprint density at radius 3 is 2.84 bits per heavy atom. The van der Waals surface area contributed by atoms with Crippen LogP contribution in [0.1, 0.15) is 22.7 Å². The van der Waals surface area contributed by atoms with E-state index in [2.05, 4.69) is 27.0 Å². The van der Waals surface area contributed by atoms with Gasteiger partial charge >= 0.3 is 0 Å². The number of nitrogens with zero attached hydrogens (tertiary/aromatic N) is 4. The first-order valence-electron chi connectivity index (χ1n) is 8.61. The lowest BCUT2D eigenvalue weighted by Gasteiger charge is -2.39. The topological polar surface area (TPSA) is 64.2 Å². The van der Waals surface area contributed by atoms with E-state index in [1.165, 1.54) is 10.9 Å². The van der Waals surface area contributed by atoms with Crippen LogP contribution >= 0.6 is 0 Å². The lowest BCUT2D eigenvalue weighted by molar-refractivity contribution is -0.136. The number of carbonyl (C=O) groups excluding carboxylic acids is 1. The lowest BCUT2D eigenvalue weighted by atomic mass is 9.93. The number of amides is 1. The van der Waals surface area contributed by atoms with Gasteiger partial charge in [-0.05, 0) is 38.3 Å². The molecule has 1 amide bonds. The fraction of sp³-hybridized carbons (Fsp3) is 0.421. The molecule has 0 aliphatic carbocycles. The predicted molar refractivity (Wildman–Crippen MR) is 94.2 cm³/mol. The lowest BCUT2D eigenvalue weighted by Crippen LogP contribution is -2.51. The summed E-state index contributed by atoms with van der Waals surface area (Å²) in [6.07, 6.45) is 5.22.